The van der Waals surface area contributed by atoms with Gasteiger partial charge in [-0.25, -0.2) is 4.79 Å². The lowest BCUT2D eigenvalue weighted by molar-refractivity contribution is -0.143. The first-order chi connectivity index (χ1) is 9.16. The van der Waals surface area contributed by atoms with E-state index in [1.807, 2.05) is 18.2 Å². The number of urea groups is 1. The van der Waals surface area contributed by atoms with Crippen LogP contribution in [-0.2, 0) is 11.3 Å². The predicted molar refractivity (Wildman–Crippen MR) is 68.4 cm³/mol. The third-order valence-corrected chi connectivity index (χ3v) is 3.28. The molecule has 1 saturated heterocycles. The summed E-state index contributed by atoms with van der Waals surface area (Å²) in [5, 5.41) is 11.7. The number of carbonyl (C=O) groups is 2. The fourth-order valence-corrected chi connectivity index (χ4v) is 2.11. The molecule has 1 aromatic heterocycles. The lowest BCUT2D eigenvalue weighted by atomic mass is 9.97. The number of nitrogens with one attached hydrogen (secondary N) is 1. The Morgan fingerprint density at radius 3 is 2.68 bits per heavy atom. The third-order valence-electron chi connectivity index (χ3n) is 3.28. The monoisotopic (exact) mass is 263 g/mol. The maximum atomic E-state index is 11.9. The second-order valence-electron chi connectivity index (χ2n) is 4.58. The molecule has 2 rings (SSSR count). The Labute approximate surface area is 111 Å². The average molecular weight is 263 g/mol. The Hall–Kier alpha value is -2.11. The van der Waals surface area contributed by atoms with Crippen LogP contribution in [0.15, 0.2) is 24.4 Å². The summed E-state index contributed by atoms with van der Waals surface area (Å²) in [5.74, 6) is -1.09. The fourth-order valence-electron chi connectivity index (χ4n) is 2.11. The SMILES string of the molecule is O=C(O)C1CCN(C(=O)NCc2ccccn2)CC1. The molecule has 1 fully saturated rings. The van der Waals surface area contributed by atoms with Gasteiger partial charge in [0.1, 0.15) is 0 Å². The molecule has 1 aliphatic rings. The molecule has 0 atom stereocenters. The van der Waals surface area contributed by atoms with Gasteiger partial charge in [0.15, 0.2) is 0 Å². The van der Waals surface area contributed by atoms with E-state index in [-0.39, 0.29) is 11.9 Å². The zero-order valence-electron chi connectivity index (χ0n) is 10.6. The van der Waals surface area contributed by atoms with Gasteiger partial charge in [0, 0.05) is 19.3 Å². The van der Waals surface area contributed by atoms with Crippen LogP contribution >= 0.6 is 0 Å². The second-order valence-corrected chi connectivity index (χ2v) is 4.58. The Bertz CT molecular complexity index is 442. The molecule has 6 heteroatoms. The molecule has 0 radical (unpaired) electrons. The minimum Gasteiger partial charge on any atom is -0.481 e. The minimum absolute atomic E-state index is 0.158. The first-order valence-corrected chi connectivity index (χ1v) is 6.32. The lowest BCUT2D eigenvalue weighted by Crippen LogP contribution is -2.45. The van der Waals surface area contributed by atoms with Crippen molar-refractivity contribution in [3.63, 3.8) is 0 Å². The summed E-state index contributed by atoms with van der Waals surface area (Å²) in [6, 6.07) is 5.38. The Kier molecular flexibility index (Phi) is 4.33. The van der Waals surface area contributed by atoms with Gasteiger partial charge in [-0.2, -0.15) is 0 Å². The van der Waals surface area contributed by atoms with Crippen molar-refractivity contribution in [3.8, 4) is 0 Å². The molecule has 1 aliphatic heterocycles. The Balaban J connectivity index is 1.77. The number of aromatic nitrogens is 1. The molecule has 0 bridgehead atoms. The molecule has 0 aliphatic carbocycles. The smallest absolute Gasteiger partial charge is 0.317 e. The van der Waals surface area contributed by atoms with Gasteiger partial charge in [-0.15, -0.1) is 0 Å². The molecule has 0 unspecified atom stereocenters. The van der Waals surface area contributed by atoms with Crippen LogP contribution in [0.2, 0.25) is 0 Å². The van der Waals surface area contributed by atoms with Crippen LogP contribution in [-0.4, -0.2) is 40.1 Å². The van der Waals surface area contributed by atoms with E-state index in [2.05, 4.69) is 10.3 Å². The number of nitrogens with zero attached hydrogens (tertiary/aromatic N) is 2. The van der Waals surface area contributed by atoms with Crippen molar-refractivity contribution < 1.29 is 14.7 Å². The molecule has 6 nitrogen and oxygen atoms in total. The quantitative estimate of drug-likeness (QED) is 0.855. The van der Waals surface area contributed by atoms with Crippen LogP contribution in [0.25, 0.3) is 0 Å². The van der Waals surface area contributed by atoms with E-state index < -0.39 is 5.97 Å². The third kappa shape index (κ3) is 3.67. The van der Waals surface area contributed by atoms with E-state index in [1.165, 1.54) is 0 Å². The van der Waals surface area contributed by atoms with Crippen LogP contribution in [0, 0.1) is 5.92 Å². The van der Waals surface area contributed by atoms with Crippen molar-refractivity contribution in [2.24, 2.45) is 5.92 Å². The average Bonchev–Trinajstić information content (AvgIpc) is 2.46. The number of aliphatic carboxylic acids is 1. The normalized spacial score (nSPS) is 16.1. The number of carboxylic acids is 1. The highest BCUT2D eigenvalue weighted by molar-refractivity contribution is 5.75. The molecular formula is C13H17N3O3. The number of pyridine rings is 1. The van der Waals surface area contributed by atoms with Crippen molar-refractivity contribution in [1.29, 1.82) is 0 Å². The van der Waals surface area contributed by atoms with Crippen LogP contribution in [0.5, 0.6) is 0 Å². The molecule has 1 aromatic rings. The highest BCUT2D eigenvalue weighted by atomic mass is 16.4. The van der Waals surface area contributed by atoms with Crippen molar-refractivity contribution in [2.45, 2.75) is 19.4 Å². The Morgan fingerprint density at radius 2 is 2.11 bits per heavy atom. The summed E-state index contributed by atoms with van der Waals surface area (Å²) >= 11 is 0. The molecular weight excluding hydrogens is 246 g/mol. The van der Waals surface area contributed by atoms with Gasteiger partial charge in [-0.1, -0.05) is 6.07 Å². The highest BCUT2D eigenvalue weighted by Crippen LogP contribution is 2.17. The topological polar surface area (TPSA) is 82.5 Å². The number of piperidine rings is 1. The fraction of sp³-hybridized carbons (Fsp3) is 0.462. The summed E-state index contributed by atoms with van der Waals surface area (Å²) in [4.78, 5) is 28.5. The summed E-state index contributed by atoms with van der Waals surface area (Å²) in [7, 11) is 0. The second kappa shape index (κ2) is 6.17. The van der Waals surface area contributed by atoms with Crippen LogP contribution in [0.3, 0.4) is 0 Å². The number of hydrogen-bond donors (Lipinski definition) is 2. The first kappa shape index (κ1) is 13.3. The molecule has 2 heterocycles. The van der Waals surface area contributed by atoms with Crippen molar-refractivity contribution in [3.05, 3.63) is 30.1 Å². The molecule has 2 N–H and O–H groups in total. The van der Waals surface area contributed by atoms with Crippen LogP contribution in [0.4, 0.5) is 4.79 Å². The van der Waals surface area contributed by atoms with E-state index in [0.29, 0.717) is 32.5 Å². The molecule has 102 valence electrons. The van der Waals surface area contributed by atoms with Crippen LogP contribution < -0.4 is 5.32 Å². The summed E-state index contributed by atoms with van der Waals surface area (Å²) < 4.78 is 0. The van der Waals surface area contributed by atoms with E-state index in [0.717, 1.165) is 5.69 Å². The first-order valence-electron chi connectivity index (χ1n) is 6.32. The molecule has 0 aromatic carbocycles. The number of carbonyl (C=O) groups excluding carboxylic acids is 1. The van der Waals surface area contributed by atoms with Gasteiger partial charge in [0.25, 0.3) is 0 Å². The van der Waals surface area contributed by atoms with Gasteiger partial charge in [0.2, 0.25) is 0 Å². The number of rotatable bonds is 3. The standard InChI is InChI=1S/C13H17N3O3/c17-12(18)10-4-7-16(8-5-10)13(19)15-9-11-3-1-2-6-14-11/h1-3,6,10H,4-5,7-9H2,(H,15,19)(H,17,18). The number of amides is 2. The molecule has 0 saturated carbocycles. The summed E-state index contributed by atoms with van der Waals surface area (Å²) in [5.41, 5.74) is 0.802. The number of carboxylic acid groups (broad SMARTS) is 1. The van der Waals surface area contributed by atoms with E-state index in [1.54, 1.807) is 11.1 Å². The van der Waals surface area contributed by atoms with Crippen molar-refractivity contribution >= 4 is 12.0 Å². The summed E-state index contributed by atoms with van der Waals surface area (Å²) in [6.07, 6.45) is 2.72. The van der Waals surface area contributed by atoms with Crippen LogP contribution in [0.1, 0.15) is 18.5 Å². The number of hydrogen-bond acceptors (Lipinski definition) is 3. The van der Waals surface area contributed by atoms with E-state index >= 15 is 0 Å². The maximum Gasteiger partial charge on any atom is 0.317 e. The van der Waals surface area contributed by atoms with Gasteiger partial charge < -0.3 is 15.3 Å². The molecule has 19 heavy (non-hydrogen) atoms. The number of likely N-dealkylation sites (tertiary alicyclic amines) is 1. The maximum absolute atomic E-state index is 11.9. The lowest BCUT2D eigenvalue weighted by Gasteiger charge is -2.30. The van der Waals surface area contributed by atoms with E-state index in [9.17, 15) is 9.59 Å². The highest BCUT2D eigenvalue weighted by Gasteiger charge is 2.26. The summed E-state index contributed by atoms with van der Waals surface area (Å²) in [6.45, 7) is 1.37. The van der Waals surface area contributed by atoms with Crippen molar-refractivity contribution in [1.82, 2.24) is 15.2 Å². The minimum atomic E-state index is -0.770. The Morgan fingerprint density at radius 1 is 1.37 bits per heavy atom. The zero-order valence-corrected chi connectivity index (χ0v) is 10.6. The predicted octanol–water partition coefficient (Wildman–Crippen LogP) is 1.09. The van der Waals surface area contributed by atoms with Gasteiger partial charge >= 0.3 is 12.0 Å². The van der Waals surface area contributed by atoms with Gasteiger partial charge in [-0.05, 0) is 25.0 Å². The van der Waals surface area contributed by atoms with Crippen molar-refractivity contribution in [2.75, 3.05) is 13.1 Å². The van der Waals surface area contributed by atoms with Gasteiger partial charge in [-0.3, -0.25) is 9.78 Å². The zero-order chi connectivity index (χ0) is 13.7. The van der Waals surface area contributed by atoms with E-state index in [4.69, 9.17) is 5.11 Å². The van der Waals surface area contributed by atoms with Gasteiger partial charge in [0.05, 0.1) is 18.2 Å². The largest absolute Gasteiger partial charge is 0.481 e. The molecule has 2 amide bonds. The molecule has 0 spiro atoms.